The van der Waals surface area contributed by atoms with Crippen molar-refractivity contribution in [2.75, 3.05) is 42.9 Å². The van der Waals surface area contributed by atoms with E-state index in [0.29, 0.717) is 17.3 Å². The molecule has 0 bridgehead atoms. The maximum Gasteiger partial charge on any atom is 0.238 e. The Hall–Kier alpha value is -2.04. The molecule has 1 amide bonds. The number of carbonyl (C=O) groups is 1. The number of piperazine rings is 1. The van der Waals surface area contributed by atoms with Crippen LogP contribution in [0.5, 0.6) is 0 Å². The van der Waals surface area contributed by atoms with E-state index in [2.05, 4.69) is 46.3 Å². The zero-order valence-corrected chi connectivity index (χ0v) is 15.5. The monoisotopic (exact) mass is 357 g/mol. The summed E-state index contributed by atoms with van der Waals surface area (Å²) in [5.74, 6) is -0.0184. The number of carbonyl (C=O) groups excluding carboxylic acids is 1. The first kappa shape index (κ1) is 17.8. The maximum atomic E-state index is 12.3. The van der Waals surface area contributed by atoms with Gasteiger partial charge in [-0.15, -0.1) is 0 Å². The summed E-state index contributed by atoms with van der Waals surface area (Å²) in [6.45, 7) is 8.14. The van der Waals surface area contributed by atoms with Crippen LogP contribution in [0.1, 0.15) is 11.1 Å². The van der Waals surface area contributed by atoms with Gasteiger partial charge in [-0.3, -0.25) is 9.69 Å². The van der Waals surface area contributed by atoms with Gasteiger partial charge in [0.15, 0.2) is 0 Å². The van der Waals surface area contributed by atoms with Crippen LogP contribution < -0.4 is 10.2 Å². The average Bonchev–Trinajstić information content (AvgIpc) is 2.59. The molecule has 0 saturated carbocycles. The minimum absolute atomic E-state index is 0.0184. The van der Waals surface area contributed by atoms with Crippen molar-refractivity contribution in [1.82, 2.24) is 4.90 Å². The predicted octanol–water partition coefficient (Wildman–Crippen LogP) is 3.72. The molecule has 1 N–H and O–H groups in total. The molecule has 1 fully saturated rings. The van der Waals surface area contributed by atoms with Crippen LogP contribution in [0.3, 0.4) is 0 Å². The fourth-order valence-electron chi connectivity index (χ4n) is 3.18. The molecule has 0 aliphatic carbocycles. The molecule has 1 heterocycles. The lowest BCUT2D eigenvalue weighted by molar-refractivity contribution is -0.117. The Balaban J connectivity index is 1.52. The largest absolute Gasteiger partial charge is 0.369 e. The second-order valence-electron chi connectivity index (χ2n) is 6.58. The summed E-state index contributed by atoms with van der Waals surface area (Å²) in [4.78, 5) is 16.9. The predicted molar refractivity (Wildman–Crippen MR) is 105 cm³/mol. The summed E-state index contributed by atoms with van der Waals surface area (Å²) >= 11 is 6.18. The van der Waals surface area contributed by atoms with E-state index in [4.69, 9.17) is 11.6 Å². The Labute approximate surface area is 154 Å². The number of aryl methyl sites for hydroxylation is 2. The van der Waals surface area contributed by atoms with E-state index in [1.165, 1.54) is 11.3 Å². The van der Waals surface area contributed by atoms with Gasteiger partial charge in [0.1, 0.15) is 0 Å². The van der Waals surface area contributed by atoms with Crippen LogP contribution in [0.25, 0.3) is 0 Å². The van der Waals surface area contributed by atoms with Crippen molar-refractivity contribution in [3.05, 3.63) is 58.6 Å². The van der Waals surface area contributed by atoms with E-state index < -0.39 is 0 Å². The third-order valence-electron chi connectivity index (χ3n) is 4.59. The molecule has 0 unspecified atom stereocenters. The van der Waals surface area contributed by atoms with Gasteiger partial charge in [-0.05, 0) is 43.2 Å². The number of hydrogen-bond acceptors (Lipinski definition) is 3. The van der Waals surface area contributed by atoms with Crippen molar-refractivity contribution < 1.29 is 4.79 Å². The highest BCUT2D eigenvalue weighted by Gasteiger charge is 2.20. The number of para-hydroxylation sites is 1. The van der Waals surface area contributed by atoms with Crippen LogP contribution in [0.15, 0.2) is 42.5 Å². The Kier molecular flexibility index (Phi) is 5.61. The van der Waals surface area contributed by atoms with Gasteiger partial charge in [-0.1, -0.05) is 35.9 Å². The first-order valence-corrected chi connectivity index (χ1v) is 8.99. The summed E-state index contributed by atoms with van der Waals surface area (Å²) in [5, 5.41) is 3.49. The fraction of sp³-hybridized carbons (Fsp3) is 0.350. The van der Waals surface area contributed by atoms with E-state index >= 15 is 0 Å². The van der Waals surface area contributed by atoms with Crippen LogP contribution in [-0.2, 0) is 4.79 Å². The molecule has 1 aliphatic heterocycles. The van der Waals surface area contributed by atoms with Crippen molar-refractivity contribution in [2.24, 2.45) is 0 Å². The van der Waals surface area contributed by atoms with Gasteiger partial charge in [0.05, 0.1) is 17.3 Å². The highest BCUT2D eigenvalue weighted by atomic mass is 35.5. The van der Waals surface area contributed by atoms with Crippen molar-refractivity contribution in [2.45, 2.75) is 13.8 Å². The summed E-state index contributed by atoms with van der Waals surface area (Å²) in [5.41, 5.74) is 4.34. The van der Waals surface area contributed by atoms with Gasteiger partial charge >= 0.3 is 0 Å². The van der Waals surface area contributed by atoms with Crippen molar-refractivity contribution in [1.29, 1.82) is 0 Å². The lowest BCUT2D eigenvalue weighted by Gasteiger charge is -2.36. The molecule has 0 aromatic heterocycles. The van der Waals surface area contributed by atoms with E-state index in [-0.39, 0.29) is 5.91 Å². The Morgan fingerprint density at radius 2 is 1.80 bits per heavy atom. The molecule has 2 aromatic carbocycles. The molecule has 1 aliphatic rings. The van der Waals surface area contributed by atoms with Crippen molar-refractivity contribution in [3.8, 4) is 0 Å². The molecule has 0 spiro atoms. The minimum Gasteiger partial charge on any atom is -0.369 e. The SMILES string of the molecule is Cc1ccc(NC(=O)CN2CCN(c3ccccc3C)CC2)c(Cl)c1. The quantitative estimate of drug-likeness (QED) is 0.905. The standard InChI is InChI=1S/C20H24ClN3O/c1-15-7-8-18(17(21)13-15)22-20(25)14-23-9-11-24(12-10-23)19-6-4-3-5-16(19)2/h3-8,13H,9-12,14H2,1-2H3,(H,22,25). The van der Waals surface area contributed by atoms with Crippen LogP contribution >= 0.6 is 11.6 Å². The van der Waals surface area contributed by atoms with Gasteiger partial charge in [0.25, 0.3) is 0 Å². The molecule has 1 saturated heterocycles. The molecule has 2 aromatic rings. The third-order valence-corrected chi connectivity index (χ3v) is 4.91. The molecule has 5 heteroatoms. The summed E-state index contributed by atoms with van der Waals surface area (Å²) in [7, 11) is 0. The Bertz CT molecular complexity index is 754. The second kappa shape index (κ2) is 7.89. The molecule has 4 nitrogen and oxygen atoms in total. The number of nitrogens with one attached hydrogen (secondary N) is 1. The Morgan fingerprint density at radius 3 is 2.48 bits per heavy atom. The van der Waals surface area contributed by atoms with Crippen LogP contribution in [0, 0.1) is 13.8 Å². The van der Waals surface area contributed by atoms with E-state index in [1.54, 1.807) is 0 Å². The van der Waals surface area contributed by atoms with E-state index in [9.17, 15) is 4.79 Å². The maximum absolute atomic E-state index is 12.3. The zero-order valence-electron chi connectivity index (χ0n) is 14.8. The van der Waals surface area contributed by atoms with E-state index in [1.807, 2.05) is 25.1 Å². The topological polar surface area (TPSA) is 35.6 Å². The van der Waals surface area contributed by atoms with Gasteiger partial charge in [0.2, 0.25) is 5.91 Å². The molecular weight excluding hydrogens is 334 g/mol. The summed E-state index contributed by atoms with van der Waals surface area (Å²) < 4.78 is 0. The normalized spacial score (nSPS) is 15.2. The van der Waals surface area contributed by atoms with Gasteiger partial charge in [0, 0.05) is 31.9 Å². The van der Waals surface area contributed by atoms with Crippen molar-refractivity contribution >= 4 is 28.9 Å². The molecule has 0 radical (unpaired) electrons. The first-order chi connectivity index (χ1) is 12.0. The first-order valence-electron chi connectivity index (χ1n) is 8.62. The third kappa shape index (κ3) is 4.53. The lowest BCUT2D eigenvalue weighted by atomic mass is 10.1. The van der Waals surface area contributed by atoms with Gasteiger partial charge < -0.3 is 10.2 Å². The number of hydrogen-bond donors (Lipinski definition) is 1. The number of benzene rings is 2. The van der Waals surface area contributed by atoms with Crippen LogP contribution in [0.2, 0.25) is 5.02 Å². The summed E-state index contributed by atoms with van der Waals surface area (Å²) in [6.07, 6.45) is 0. The number of nitrogens with zero attached hydrogens (tertiary/aromatic N) is 2. The summed E-state index contributed by atoms with van der Waals surface area (Å²) in [6, 6.07) is 14.1. The van der Waals surface area contributed by atoms with E-state index in [0.717, 1.165) is 31.7 Å². The Morgan fingerprint density at radius 1 is 1.08 bits per heavy atom. The number of halogens is 1. The molecule has 0 atom stereocenters. The molecule has 132 valence electrons. The smallest absolute Gasteiger partial charge is 0.238 e. The highest BCUT2D eigenvalue weighted by Crippen LogP contribution is 2.23. The number of anilines is 2. The molecular formula is C20H24ClN3O. The van der Waals surface area contributed by atoms with Crippen molar-refractivity contribution in [3.63, 3.8) is 0 Å². The number of amides is 1. The van der Waals surface area contributed by atoms with Gasteiger partial charge in [-0.25, -0.2) is 0 Å². The van der Waals surface area contributed by atoms with Gasteiger partial charge in [-0.2, -0.15) is 0 Å². The number of rotatable bonds is 4. The fourth-order valence-corrected chi connectivity index (χ4v) is 3.46. The average molecular weight is 358 g/mol. The van der Waals surface area contributed by atoms with Crippen LogP contribution in [-0.4, -0.2) is 43.5 Å². The highest BCUT2D eigenvalue weighted by molar-refractivity contribution is 6.33. The minimum atomic E-state index is -0.0184. The van der Waals surface area contributed by atoms with Crippen LogP contribution in [0.4, 0.5) is 11.4 Å². The molecule has 25 heavy (non-hydrogen) atoms. The zero-order chi connectivity index (χ0) is 17.8. The molecule has 3 rings (SSSR count). The lowest BCUT2D eigenvalue weighted by Crippen LogP contribution is -2.48. The second-order valence-corrected chi connectivity index (χ2v) is 6.99.